The quantitative estimate of drug-likeness (QED) is 0.0206. The van der Waals surface area contributed by atoms with Gasteiger partial charge in [-0.05, 0) is 122 Å². The van der Waals surface area contributed by atoms with Gasteiger partial charge in [0, 0.05) is 18.4 Å². The van der Waals surface area contributed by atoms with Crippen LogP contribution in [-0.2, 0) is 23.8 Å². The van der Waals surface area contributed by atoms with Gasteiger partial charge in [0.1, 0.15) is 28.6 Å². The highest BCUT2D eigenvalue weighted by Gasteiger charge is 2.18. The molecule has 13 heteroatoms. The van der Waals surface area contributed by atoms with E-state index in [0.717, 1.165) is 12.2 Å². The zero-order chi connectivity index (χ0) is 40.1. The van der Waals surface area contributed by atoms with Crippen LogP contribution in [0.4, 0.5) is 5.69 Å². The van der Waals surface area contributed by atoms with Gasteiger partial charge in [-0.1, -0.05) is 13.2 Å². The van der Waals surface area contributed by atoms with Crippen LogP contribution < -0.4 is 18.9 Å². The molecule has 0 aromatic heterocycles. The van der Waals surface area contributed by atoms with Gasteiger partial charge in [-0.15, -0.1) is 0 Å². The minimum Gasteiger partial charge on any atom is -0.494 e. The second-order valence-corrected chi connectivity index (χ2v) is 11.7. The van der Waals surface area contributed by atoms with Crippen LogP contribution in [0.1, 0.15) is 62.3 Å². The molecule has 13 nitrogen and oxygen atoms in total. The van der Waals surface area contributed by atoms with Crippen molar-refractivity contribution >= 4 is 41.7 Å². The maximum Gasteiger partial charge on any atom is 0.343 e. The molecule has 0 saturated heterocycles. The van der Waals surface area contributed by atoms with Gasteiger partial charge >= 0.3 is 29.8 Å². The molecule has 4 aromatic carbocycles. The van der Waals surface area contributed by atoms with E-state index in [1.54, 1.807) is 85.1 Å². The Bertz CT molecular complexity index is 2000. The zero-order valence-corrected chi connectivity index (χ0v) is 30.8. The van der Waals surface area contributed by atoms with Crippen molar-refractivity contribution in [1.82, 2.24) is 0 Å². The van der Waals surface area contributed by atoms with Crippen molar-refractivity contribution in [3.63, 3.8) is 0 Å². The van der Waals surface area contributed by atoms with Crippen LogP contribution in [-0.4, -0.2) is 69.6 Å². The summed E-state index contributed by atoms with van der Waals surface area (Å²) in [5.74, 6) is -1.43. The molecule has 4 aromatic rings. The molecule has 0 aliphatic carbocycles. The Balaban J connectivity index is 1.26. The number of carbonyl (C=O) groups excluding carboxylic acids is 5. The van der Waals surface area contributed by atoms with Crippen molar-refractivity contribution in [3.05, 3.63) is 139 Å². The fourth-order valence-corrected chi connectivity index (χ4v) is 4.68. The molecule has 290 valence electrons. The predicted octanol–water partition coefficient (Wildman–Crippen LogP) is 7.44. The summed E-state index contributed by atoms with van der Waals surface area (Å²) in [6.07, 6.45) is 6.40. The molecule has 0 radical (unpaired) electrons. The minimum atomic E-state index is -0.720. The Morgan fingerprint density at radius 1 is 0.571 bits per heavy atom. The summed E-state index contributed by atoms with van der Waals surface area (Å²) in [7, 11) is 1.22. The van der Waals surface area contributed by atoms with E-state index >= 15 is 0 Å². The SMILES string of the molecule is C=CC(=O)OCCCCOc1ccc(C(=O)Oc2ccc(C=Nc3ccc(OC(=O)c4ccc(OCCCCOC(=O)C=C)cc4)c(C(=O)OC)c3)cc2)cc1. The normalized spacial score (nSPS) is 10.5. The molecule has 56 heavy (non-hydrogen) atoms. The first kappa shape index (κ1) is 41.7. The summed E-state index contributed by atoms with van der Waals surface area (Å²) in [6, 6.07) is 24.0. The van der Waals surface area contributed by atoms with Crippen LogP contribution in [0.15, 0.2) is 121 Å². The molecule has 0 saturated carbocycles. The third-order valence-corrected chi connectivity index (χ3v) is 7.64. The number of unbranched alkanes of at least 4 members (excludes halogenated alkanes) is 2. The van der Waals surface area contributed by atoms with Crippen LogP contribution in [0.25, 0.3) is 0 Å². The Hall–Kier alpha value is -7.02. The number of hydrogen-bond donors (Lipinski definition) is 0. The number of methoxy groups -OCH3 is 1. The standard InChI is InChI=1S/C43H41NO12/c1-4-39(45)53-26-8-6-24-51-34-19-12-31(13-20-34)41(47)55-36-17-10-30(11-18-36)29-44-33-16-23-38(37(28-33)43(49)50-3)56-42(48)32-14-21-35(22-15-32)52-25-7-9-27-54-40(46)5-2/h4-5,10-23,28-29H,1-2,6-9,24-27H2,3H3. The molecule has 0 atom stereocenters. The first-order valence-electron chi connectivity index (χ1n) is 17.5. The third-order valence-electron chi connectivity index (χ3n) is 7.64. The van der Waals surface area contributed by atoms with Gasteiger partial charge in [0.2, 0.25) is 0 Å². The monoisotopic (exact) mass is 763 g/mol. The highest BCUT2D eigenvalue weighted by molar-refractivity contribution is 5.97. The first-order valence-corrected chi connectivity index (χ1v) is 17.5. The summed E-state index contributed by atoms with van der Waals surface area (Å²) < 4.78 is 37.1. The lowest BCUT2D eigenvalue weighted by Crippen LogP contribution is -2.12. The van der Waals surface area contributed by atoms with Crippen molar-refractivity contribution in [3.8, 4) is 23.0 Å². The summed E-state index contributed by atoms with van der Waals surface area (Å²) in [4.78, 5) is 64.8. The van der Waals surface area contributed by atoms with Crippen LogP contribution in [0.2, 0.25) is 0 Å². The average molecular weight is 764 g/mol. The number of hydrogen-bond acceptors (Lipinski definition) is 13. The maximum atomic E-state index is 12.9. The second-order valence-electron chi connectivity index (χ2n) is 11.7. The van der Waals surface area contributed by atoms with Gasteiger partial charge in [0.05, 0.1) is 50.4 Å². The number of carbonyl (C=O) groups is 5. The summed E-state index contributed by atoms with van der Waals surface area (Å²) in [6.45, 7) is 8.07. The van der Waals surface area contributed by atoms with Crippen molar-refractivity contribution < 1.29 is 57.1 Å². The van der Waals surface area contributed by atoms with Gasteiger partial charge in [-0.3, -0.25) is 4.99 Å². The Kier molecular flexibility index (Phi) is 16.6. The number of rotatable bonds is 21. The Morgan fingerprint density at radius 2 is 1.05 bits per heavy atom. The first-order chi connectivity index (χ1) is 27.2. The summed E-state index contributed by atoms with van der Waals surface area (Å²) >= 11 is 0. The average Bonchev–Trinajstić information content (AvgIpc) is 3.23. The number of nitrogens with zero attached hydrogens (tertiary/aromatic N) is 1. The number of aliphatic imine (C=N–C) groups is 1. The molecule has 0 bridgehead atoms. The fraction of sp³-hybridized carbons (Fsp3) is 0.209. The lowest BCUT2D eigenvalue weighted by Gasteiger charge is -2.10. The predicted molar refractivity (Wildman–Crippen MR) is 206 cm³/mol. The minimum absolute atomic E-state index is 0.000158. The largest absolute Gasteiger partial charge is 0.494 e. The lowest BCUT2D eigenvalue weighted by molar-refractivity contribution is -0.138. The van der Waals surface area contributed by atoms with Crippen LogP contribution in [0.5, 0.6) is 23.0 Å². The topological polar surface area (TPSA) is 162 Å². The second kappa shape index (κ2) is 22.3. The third kappa shape index (κ3) is 13.8. The van der Waals surface area contributed by atoms with Gasteiger partial charge in [-0.2, -0.15) is 0 Å². The van der Waals surface area contributed by atoms with Gasteiger partial charge < -0.3 is 33.2 Å². The molecule has 0 aliphatic heterocycles. The van der Waals surface area contributed by atoms with Crippen LogP contribution in [0, 0.1) is 0 Å². The smallest absolute Gasteiger partial charge is 0.343 e. The van der Waals surface area contributed by atoms with E-state index in [9.17, 15) is 24.0 Å². The van der Waals surface area contributed by atoms with Crippen molar-refractivity contribution in [2.24, 2.45) is 4.99 Å². The van der Waals surface area contributed by atoms with Gasteiger partial charge in [-0.25, -0.2) is 24.0 Å². The van der Waals surface area contributed by atoms with E-state index in [2.05, 4.69) is 18.2 Å². The van der Waals surface area contributed by atoms with E-state index < -0.39 is 29.8 Å². The molecule has 4 rings (SSSR count). The van der Waals surface area contributed by atoms with Gasteiger partial charge in [0.15, 0.2) is 0 Å². The summed E-state index contributed by atoms with van der Waals surface area (Å²) in [5.41, 5.74) is 1.65. The van der Waals surface area contributed by atoms with Crippen LogP contribution >= 0.6 is 0 Å². The van der Waals surface area contributed by atoms with E-state index in [1.165, 1.54) is 19.2 Å². The molecular weight excluding hydrogens is 722 g/mol. The van der Waals surface area contributed by atoms with E-state index in [1.807, 2.05) is 0 Å². The van der Waals surface area contributed by atoms with E-state index in [0.29, 0.717) is 73.0 Å². The van der Waals surface area contributed by atoms with Crippen molar-refractivity contribution in [2.45, 2.75) is 25.7 Å². The summed E-state index contributed by atoms with van der Waals surface area (Å²) in [5, 5.41) is 0. The lowest BCUT2D eigenvalue weighted by atomic mass is 10.1. The van der Waals surface area contributed by atoms with Crippen LogP contribution in [0.3, 0.4) is 0 Å². The number of benzene rings is 4. The van der Waals surface area contributed by atoms with Crippen molar-refractivity contribution in [2.75, 3.05) is 33.5 Å². The van der Waals surface area contributed by atoms with E-state index in [4.69, 9.17) is 33.2 Å². The fourth-order valence-electron chi connectivity index (χ4n) is 4.68. The molecule has 0 fully saturated rings. The molecule has 0 amide bonds. The van der Waals surface area contributed by atoms with Crippen molar-refractivity contribution in [1.29, 1.82) is 0 Å². The zero-order valence-electron chi connectivity index (χ0n) is 30.8. The molecule has 0 heterocycles. The number of esters is 5. The number of ether oxygens (including phenoxy) is 7. The molecule has 0 unspecified atom stereocenters. The Morgan fingerprint density at radius 3 is 1.55 bits per heavy atom. The molecule has 0 aliphatic rings. The highest BCUT2D eigenvalue weighted by atomic mass is 16.6. The Labute approximate surface area is 324 Å². The molecule has 0 spiro atoms. The molecular formula is C43H41NO12. The maximum absolute atomic E-state index is 12.9. The van der Waals surface area contributed by atoms with Gasteiger partial charge in [0.25, 0.3) is 0 Å². The molecule has 0 N–H and O–H groups in total. The van der Waals surface area contributed by atoms with E-state index in [-0.39, 0.29) is 30.1 Å². The highest BCUT2D eigenvalue weighted by Crippen LogP contribution is 2.27.